The van der Waals surface area contributed by atoms with Gasteiger partial charge < -0.3 is 15.4 Å². The SMILES string of the molecule is NC(=O)C1COCCN1C(=O)c1cccs1. The molecule has 0 bridgehead atoms. The molecule has 0 radical (unpaired) electrons. The summed E-state index contributed by atoms with van der Waals surface area (Å²) in [5.41, 5.74) is 5.24. The molecule has 1 saturated heterocycles. The van der Waals surface area contributed by atoms with Crippen molar-refractivity contribution in [2.24, 2.45) is 5.73 Å². The molecule has 2 rings (SSSR count). The van der Waals surface area contributed by atoms with Gasteiger partial charge in [0.15, 0.2) is 0 Å². The molecule has 1 aromatic rings. The Morgan fingerprint density at radius 3 is 3.00 bits per heavy atom. The van der Waals surface area contributed by atoms with Crippen molar-refractivity contribution in [3.8, 4) is 0 Å². The number of carbonyl (C=O) groups is 2. The molecule has 0 spiro atoms. The maximum atomic E-state index is 12.0. The van der Waals surface area contributed by atoms with Gasteiger partial charge in [0.1, 0.15) is 6.04 Å². The Balaban J connectivity index is 2.17. The van der Waals surface area contributed by atoms with Crippen LogP contribution in [-0.4, -0.2) is 42.5 Å². The van der Waals surface area contributed by atoms with Crippen LogP contribution in [0.4, 0.5) is 0 Å². The van der Waals surface area contributed by atoms with Crippen LogP contribution in [0.2, 0.25) is 0 Å². The predicted octanol–water partition coefficient (Wildman–Crippen LogP) is 0.0744. The standard InChI is InChI=1S/C10H12N2O3S/c11-9(13)7-6-15-4-3-12(7)10(14)8-2-1-5-16-8/h1-2,5,7H,3-4,6H2,(H2,11,13). The third-order valence-corrected chi connectivity index (χ3v) is 3.31. The number of thiophene rings is 1. The first-order chi connectivity index (χ1) is 7.70. The van der Waals surface area contributed by atoms with Crippen LogP contribution in [0, 0.1) is 0 Å². The van der Waals surface area contributed by atoms with Gasteiger partial charge in [0.25, 0.3) is 5.91 Å². The lowest BCUT2D eigenvalue weighted by atomic mass is 10.2. The van der Waals surface area contributed by atoms with Gasteiger partial charge in [-0.25, -0.2) is 0 Å². The molecular weight excluding hydrogens is 228 g/mol. The van der Waals surface area contributed by atoms with Crippen molar-refractivity contribution in [1.82, 2.24) is 4.90 Å². The first kappa shape index (κ1) is 11.1. The summed E-state index contributed by atoms with van der Waals surface area (Å²) in [4.78, 5) is 25.3. The van der Waals surface area contributed by atoms with E-state index >= 15 is 0 Å². The zero-order chi connectivity index (χ0) is 11.5. The van der Waals surface area contributed by atoms with Crippen LogP contribution >= 0.6 is 11.3 Å². The maximum Gasteiger partial charge on any atom is 0.264 e. The van der Waals surface area contributed by atoms with Crippen molar-refractivity contribution in [3.63, 3.8) is 0 Å². The summed E-state index contributed by atoms with van der Waals surface area (Å²) in [6.07, 6.45) is 0. The molecule has 0 aliphatic carbocycles. The lowest BCUT2D eigenvalue weighted by molar-refractivity contribution is -0.127. The fourth-order valence-electron chi connectivity index (χ4n) is 1.62. The number of rotatable bonds is 2. The van der Waals surface area contributed by atoms with Crippen LogP contribution in [0.5, 0.6) is 0 Å². The molecule has 0 saturated carbocycles. The van der Waals surface area contributed by atoms with Crippen LogP contribution in [0.3, 0.4) is 0 Å². The maximum absolute atomic E-state index is 12.0. The number of primary amides is 1. The third-order valence-electron chi connectivity index (χ3n) is 2.45. The highest BCUT2D eigenvalue weighted by Crippen LogP contribution is 2.16. The van der Waals surface area contributed by atoms with Gasteiger partial charge in [-0.3, -0.25) is 9.59 Å². The van der Waals surface area contributed by atoms with E-state index in [2.05, 4.69) is 0 Å². The van der Waals surface area contributed by atoms with Crippen molar-refractivity contribution < 1.29 is 14.3 Å². The number of carbonyl (C=O) groups excluding carboxylic acids is 2. The number of ether oxygens (including phenoxy) is 1. The Kier molecular flexibility index (Phi) is 3.21. The van der Waals surface area contributed by atoms with Gasteiger partial charge >= 0.3 is 0 Å². The number of nitrogens with two attached hydrogens (primary N) is 1. The molecule has 1 aromatic heterocycles. The van der Waals surface area contributed by atoms with Crippen molar-refractivity contribution >= 4 is 23.2 Å². The van der Waals surface area contributed by atoms with Crippen molar-refractivity contribution in [2.45, 2.75) is 6.04 Å². The molecule has 1 fully saturated rings. The van der Waals surface area contributed by atoms with Gasteiger partial charge in [-0.15, -0.1) is 11.3 Å². The summed E-state index contributed by atoms with van der Waals surface area (Å²) >= 11 is 1.35. The quantitative estimate of drug-likeness (QED) is 0.795. The minimum Gasteiger partial charge on any atom is -0.377 e. The number of hydrogen-bond donors (Lipinski definition) is 1. The van der Waals surface area contributed by atoms with Gasteiger partial charge in [-0.1, -0.05) is 6.07 Å². The zero-order valence-corrected chi connectivity index (χ0v) is 9.40. The van der Waals surface area contributed by atoms with Crippen molar-refractivity contribution in [1.29, 1.82) is 0 Å². The van der Waals surface area contributed by atoms with Crippen molar-refractivity contribution in [3.05, 3.63) is 22.4 Å². The molecule has 2 N–H and O–H groups in total. The molecule has 16 heavy (non-hydrogen) atoms. The van der Waals surface area contributed by atoms with Crippen LogP contribution in [0.15, 0.2) is 17.5 Å². The molecule has 6 heteroatoms. The molecule has 5 nitrogen and oxygen atoms in total. The molecule has 1 aliphatic heterocycles. The first-order valence-electron chi connectivity index (χ1n) is 4.91. The highest BCUT2D eigenvalue weighted by Gasteiger charge is 2.32. The minimum absolute atomic E-state index is 0.151. The van der Waals surface area contributed by atoms with E-state index in [0.717, 1.165) is 0 Å². The summed E-state index contributed by atoms with van der Waals surface area (Å²) < 4.78 is 5.15. The van der Waals surface area contributed by atoms with Gasteiger partial charge in [-0.2, -0.15) is 0 Å². The Hall–Kier alpha value is -1.40. The average molecular weight is 240 g/mol. The Bertz CT molecular complexity index is 391. The highest BCUT2D eigenvalue weighted by atomic mass is 32.1. The van der Waals surface area contributed by atoms with Crippen molar-refractivity contribution in [2.75, 3.05) is 19.8 Å². The zero-order valence-electron chi connectivity index (χ0n) is 8.59. The second-order valence-corrected chi connectivity index (χ2v) is 4.42. The normalized spacial score (nSPS) is 20.8. The Morgan fingerprint density at radius 2 is 2.38 bits per heavy atom. The third kappa shape index (κ3) is 2.07. The number of amides is 2. The van der Waals surface area contributed by atoms with Gasteiger partial charge in [0.05, 0.1) is 18.1 Å². The number of hydrogen-bond acceptors (Lipinski definition) is 4. The summed E-state index contributed by atoms with van der Waals surface area (Å²) in [6.45, 7) is 1.04. The summed E-state index contributed by atoms with van der Waals surface area (Å²) in [5.74, 6) is -0.674. The molecule has 2 heterocycles. The van der Waals surface area contributed by atoms with E-state index in [4.69, 9.17) is 10.5 Å². The molecule has 86 valence electrons. The molecular formula is C10H12N2O3S. The highest BCUT2D eigenvalue weighted by molar-refractivity contribution is 7.12. The van der Waals surface area contributed by atoms with E-state index < -0.39 is 11.9 Å². The molecule has 2 amide bonds. The molecule has 1 aliphatic rings. The molecule has 1 unspecified atom stereocenters. The first-order valence-corrected chi connectivity index (χ1v) is 5.79. The molecule has 1 atom stereocenters. The second-order valence-electron chi connectivity index (χ2n) is 3.47. The van der Waals surface area contributed by atoms with E-state index in [1.165, 1.54) is 16.2 Å². The van der Waals surface area contributed by atoms with Gasteiger partial charge in [0.2, 0.25) is 5.91 Å². The van der Waals surface area contributed by atoms with Crippen LogP contribution in [0.1, 0.15) is 9.67 Å². The molecule has 0 aromatic carbocycles. The van der Waals surface area contributed by atoms with Crippen LogP contribution < -0.4 is 5.73 Å². The van der Waals surface area contributed by atoms with E-state index in [9.17, 15) is 9.59 Å². The largest absolute Gasteiger partial charge is 0.377 e. The fraction of sp³-hybridized carbons (Fsp3) is 0.400. The minimum atomic E-state index is -0.650. The van der Waals surface area contributed by atoms with Crippen LogP contribution in [0.25, 0.3) is 0 Å². The van der Waals surface area contributed by atoms with E-state index in [-0.39, 0.29) is 12.5 Å². The van der Waals surface area contributed by atoms with E-state index in [1.807, 2.05) is 5.38 Å². The van der Waals surface area contributed by atoms with Gasteiger partial charge in [0, 0.05) is 6.54 Å². The van der Waals surface area contributed by atoms with Crippen LogP contribution in [-0.2, 0) is 9.53 Å². The lowest BCUT2D eigenvalue weighted by Gasteiger charge is -2.33. The Morgan fingerprint density at radius 1 is 1.56 bits per heavy atom. The summed E-state index contributed by atoms with van der Waals surface area (Å²) in [6, 6.07) is 2.89. The van der Waals surface area contributed by atoms with E-state index in [0.29, 0.717) is 18.0 Å². The summed E-state index contributed by atoms with van der Waals surface area (Å²) in [5, 5.41) is 1.83. The number of morpholine rings is 1. The summed E-state index contributed by atoms with van der Waals surface area (Å²) in [7, 11) is 0. The van der Waals surface area contributed by atoms with E-state index in [1.54, 1.807) is 12.1 Å². The fourth-order valence-corrected chi connectivity index (χ4v) is 2.30. The number of nitrogens with zero attached hydrogens (tertiary/aromatic N) is 1. The monoisotopic (exact) mass is 240 g/mol. The predicted molar refractivity (Wildman–Crippen MR) is 59.2 cm³/mol. The second kappa shape index (κ2) is 4.63. The lowest BCUT2D eigenvalue weighted by Crippen LogP contribution is -2.54. The smallest absolute Gasteiger partial charge is 0.264 e. The Labute approximate surface area is 96.8 Å². The average Bonchev–Trinajstić information content (AvgIpc) is 2.81. The topological polar surface area (TPSA) is 72.6 Å². The van der Waals surface area contributed by atoms with Gasteiger partial charge in [-0.05, 0) is 11.4 Å².